The summed E-state index contributed by atoms with van der Waals surface area (Å²) in [5, 5.41) is 4.24. The Morgan fingerprint density at radius 2 is 2.00 bits per heavy atom. The first-order valence-electron chi connectivity index (χ1n) is 5.11. The van der Waals surface area contributed by atoms with Gasteiger partial charge in [0.1, 0.15) is 0 Å². The van der Waals surface area contributed by atoms with Crippen LogP contribution in [0.25, 0.3) is 11.1 Å². The van der Waals surface area contributed by atoms with E-state index in [0.717, 1.165) is 17.7 Å². The lowest BCUT2D eigenvalue weighted by molar-refractivity contribution is 0.663. The molecule has 2 aromatic rings. The fourth-order valence-electron chi connectivity index (χ4n) is 1.68. The lowest BCUT2D eigenvalue weighted by Crippen LogP contribution is -1.95. The molecular formula is C12H15N3. The second-order valence-corrected chi connectivity index (χ2v) is 3.60. The molecule has 0 fully saturated rings. The molecule has 0 bridgehead atoms. The van der Waals surface area contributed by atoms with E-state index < -0.39 is 0 Å². The zero-order valence-corrected chi connectivity index (χ0v) is 9.07. The monoisotopic (exact) mass is 201 g/mol. The van der Waals surface area contributed by atoms with E-state index in [9.17, 15) is 0 Å². The SMILES string of the molecule is CCn1cc(-c2ccccc2C)c(N)n1. The van der Waals surface area contributed by atoms with Gasteiger partial charge in [-0.25, -0.2) is 0 Å². The van der Waals surface area contributed by atoms with Gasteiger partial charge < -0.3 is 5.73 Å². The van der Waals surface area contributed by atoms with Crippen molar-refractivity contribution in [3.63, 3.8) is 0 Å². The second-order valence-electron chi connectivity index (χ2n) is 3.60. The Morgan fingerprint density at radius 3 is 2.60 bits per heavy atom. The minimum Gasteiger partial charge on any atom is -0.382 e. The second kappa shape index (κ2) is 3.77. The Kier molecular flexibility index (Phi) is 2.46. The summed E-state index contributed by atoms with van der Waals surface area (Å²) in [4.78, 5) is 0. The first-order chi connectivity index (χ1) is 7.22. The Hall–Kier alpha value is -1.77. The molecule has 1 aromatic carbocycles. The molecule has 3 heteroatoms. The maximum absolute atomic E-state index is 5.89. The summed E-state index contributed by atoms with van der Waals surface area (Å²) >= 11 is 0. The van der Waals surface area contributed by atoms with Crippen molar-refractivity contribution < 1.29 is 0 Å². The highest BCUT2D eigenvalue weighted by Crippen LogP contribution is 2.27. The molecule has 1 aromatic heterocycles. The average molecular weight is 201 g/mol. The molecule has 0 saturated carbocycles. The molecule has 0 radical (unpaired) electrons. The largest absolute Gasteiger partial charge is 0.382 e. The predicted octanol–water partition coefficient (Wildman–Crippen LogP) is 2.46. The summed E-state index contributed by atoms with van der Waals surface area (Å²) in [6.07, 6.45) is 2.00. The smallest absolute Gasteiger partial charge is 0.153 e. The summed E-state index contributed by atoms with van der Waals surface area (Å²) < 4.78 is 1.86. The summed E-state index contributed by atoms with van der Waals surface area (Å²) in [5.41, 5.74) is 9.29. The topological polar surface area (TPSA) is 43.8 Å². The number of hydrogen-bond donors (Lipinski definition) is 1. The van der Waals surface area contributed by atoms with Gasteiger partial charge in [-0.1, -0.05) is 24.3 Å². The molecule has 1 heterocycles. The van der Waals surface area contributed by atoms with E-state index >= 15 is 0 Å². The van der Waals surface area contributed by atoms with Crippen LogP contribution in [0, 0.1) is 6.92 Å². The van der Waals surface area contributed by atoms with Crippen molar-refractivity contribution in [1.82, 2.24) is 9.78 Å². The first-order valence-corrected chi connectivity index (χ1v) is 5.11. The third-order valence-electron chi connectivity index (χ3n) is 2.55. The van der Waals surface area contributed by atoms with Crippen LogP contribution < -0.4 is 5.73 Å². The number of rotatable bonds is 2. The van der Waals surface area contributed by atoms with Gasteiger partial charge in [0.05, 0.1) is 0 Å². The van der Waals surface area contributed by atoms with E-state index in [0.29, 0.717) is 5.82 Å². The molecule has 2 rings (SSSR count). The summed E-state index contributed by atoms with van der Waals surface area (Å²) in [5.74, 6) is 0.603. The standard InChI is InChI=1S/C12H15N3/c1-3-15-8-11(12(13)14-15)10-7-5-4-6-9(10)2/h4-8H,3H2,1-2H3,(H2,13,14). The molecule has 3 nitrogen and oxygen atoms in total. The van der Waals surface area contributed by atoms with Crippen LogP contribution in [0.1, 0.15) is 12.5 Å². The van der Waals surface area contributed by atoms with Crippen molar-refractivity contribution in [2.75, 3.05) is 5.73 Å². The third-order valence-corrected chi connectivity index (χ3v) is 2.55. The van der Waals surface area contributed by atoms with Crippen LogP contribution in [0.3, 0.4) is 0 Å². The first kappa shape index (κ1) is 9.77. The third kappa shape index (κ3) is 1.73. The Bertz CT molecular complexity index is 471. The van der Waals surface area contributed by atoms with E-state index in [1.165, 1.54) is 5.56 Å². The highest BCUT2D eigenvalue weighted by atomic mass is 15.3. The van der Waals surface area contributed by atoms with E-state index in [-0.39, 0.29) is 0 Å². The number of nitrogens with two attached hydrogens (primary N) is 1. The quantitative estimate of drug-likeness (QED) is 0.811. The van der Waals surface area contributed by atoms with Crippen LogP contribution in [-0.2, 0) is 6.54 Å². The van der Waals surface area contributed by atoms with Gasteiger partial charge in [-0.3, -0.25) is 4.68 Å². The van der Waals surface area contributed by atoms with E-state index in [1.807, 2.05) is 29.9 Å². The number of nitrogens with zero attached hydrogens (tertiary/aromatic N) is 2. The molecule has 0 spiro atoms. The molecule has 0 atom stereocenters. The number of nitrogen functional groups attached to an aromatic ring is 1. The number of aryl methyl sites for hydroxylation is 2. The molecule has 0 aliphatic heterocycles. The molecule has 0 unspecified atom stereocenters. The molecule has 0 saturated heterocycles. The maximum atomic E-state index is 5.89. The van der Waals surface area contributed by atoms with E-state index in [2.05, 4.69) is 24.2 Å². The molecule has 0 aliphatic rings. The van der Waals surface area contributed by atoms with Gasteiger partial charge >= 0.3 is 0 Å². The Labute approximate surface area is 89.5 Å². The van der Waals surface area contributed by atoms with E-state index in [4.69, 9.17) is 5.73 Å². The molecule has 0 amide bonds. The van der Waals surface area contributed by atoms with Crippen LogP contribution in [0.2, 0.25) is 0 Å². The fourth-order valence-corrected chi connectivity index (χ4v) is 1.68. The van der Waals surface area contributed by atoms with Gasteiger partial charge in [0.2, 0.25) is 0 Å². The molecular weight excluding hydrogens is 186 g/mol. The van der Waals surface area contributed by atoms with Crippen LogP contribution in [0.15, 0.2) is 30.5 Å². The average Bonchev–Trinajstić information content (AvgIpc) is 2.60. The summed E-state index contributed by atoms with van der Waals surface area (Å²) in [6, 6.07) is 8.20. The molecule has 0 aliphatic carbocycles. The number of anilines is 1. The normalized spacial score (nSPS) is 10.5. The highest BCUT2D eigenvalue weighted by molar-refractivity contribution is 5.75. The van der Waals surface area contributed by atoms with Gasteiger partial charge in [-0.15, -0.1) is 0 Å². The lowest BCUT2D eigenvalue weighted by Gasteiger charge is -2.02. The van der Waals surface area contributed by atoms with E-state index in [1.54, 1.807) is 0 Å². The number of aromatic nitrogens is 2. The zero-order chi connectivity index (χ0) is 10.8. The Balaban J connectivity index is 2.54. The summed E-state index contributed by atoms with van der Waals surface area (Å²) in [6.45, 7) is 4.97. The van der Waals surface area contributed by atoms with Crippen LogP contribution >= 0.6 is 0 Å². The molecule has 78 valence electrons. The minimum absolute atomic E-state index is 0.603. The lowest BCUT2D eigenvalue weighted by atomic mass is 10.0. The van der Waals surface area contributed by atoms with Crippen molar-refractivity contribution in [2.24, 2.45) is 0 Å². The maximum Gasteiger partial charge on any atom is 0.153 e. The van der Waals surface area contributed by atoms with Crippen molar-refractivity contribution in [2.45, 2.75) is 20.4 Å². The van der Waals surface area contributed by atoms with Crippen molar-refractivity contribution in [1.29, 1.82) is 0 Å². The fraction of sp³-hybridized carbons (Fsp3) is 0.250. The van der Waals surface area contributed by atoms with Gasteiger partial charge in [-0.05, 0) is 25.0 Å². The van der Waals surface area contributed by atoms with Gasteiger partial charge in [0.15, 0.2) is 5.82 Å². The van der Waals surface area contributed by atoms with Crippen molar-refractivity contribution in [3.05, 3.63) is 36.0 Å². The van der Waals surface area contributed by atoms with Gasteiger partial charge in [0, 0.05) is 18.3 Å². The number of benzene rings is 1. The number of hydrogen-bond acceptors (Lipinski definition) is 2. The van der Waals surface area contributed by atoms with Gasteiger partial charge in [-0.2, -0.15) is 5.10 Å². The van der Waals surface area contributed by atoms with Crippen LogP contribution in [0.5, 0.6) is 0 Å². The van der Waals surface area contributed by atoms with Crippen LogP contribution in [-0.4, -0.2) is 9.78 Å². The van der Waals surface area contributed by atoms with Crippen LogP contribution in [0.4, 0.5) is 5.82 Å². The van der Waals surface area contributed by atoms with Gasteiger partial charge in [0.25, 0.3) is 0 Å². The van der Waals surface area contributed by atoms with Crippen molar-refractivity contribution in [3.8, 4) is 11.1 Å². The van der Waals surface area contributed by atoms with Crippen molar-refractivity contribution >= 4 is 5.82 Å². The highest BCUT2D eigenvalue weighted by Gasteiger charge is 2.08. The zero-order valence-electron chi connectivity index (χ0n) is 9.07. The predicted molar refractivity (Wildman–Crippen MR) is 62.5 cm³/mol. The molecule has 15 heavy (non-hydrogen) atoms. The minimum atomic E-state index is 0.603. The Morgan fingerprint density at radius 1 is 1.27 bits per heavy atom. The molecule has 2 N–H and O–H groups in total. The summed E-state index contributed by atoms with van der Waals surface area (Å²) in [7, 11) is 0.